The number of rotatable bonds is 8. The molecule has 0 heterocycles. The molecule has 0 fully saturated rings. The second kappa shape index (κ2) is 38.1. The van der Waals surface area contributed by atoms with Crippen LogP contribution in [0.1, 0.15) is 40.5 Å². The third-order valence-corrected chi connectivity index (χ3v) is 1.63. The van der Waals surface area contributed by atoms with Crippen molar-refractivity contribution >= 4 is 11.9 Å². The fraction of sp³-hybridized carbons (Fsp3) is 0.667. The first kappa shape index (κ1) is 34.6. The molecule has 0 rings (SSSR count). The summed E-state index contributed by atoms with van der Waals surface area (Å²) in [6.07, 6.45) is -0.195. The predicted molar refractivity (Wildman–Crippen MR) is 102 cm³/mol. The highest BCUT2D eigenvalue weighted by atomic mass is 16.5. The summed E-state index contributed by atoms with van der Waals surface area (Å²) in [4.78, 5) is 20.8. The number of hydrogen-bond donors (Lipinski definition) is 3. The van der Waals surface area contributed by atoms with Crippen LogP contribution in [0.25, 0.3) is 0 Å². The molecule has 152 valence electrons. The fourth-order valence-electron chi connectivity index (χ4n) is 0.745. The monoisotopic (exact) mass is 366 g/mol. The number of carbonyl (C=O) groups excluding carboxylic acids is 1. The van der Waals surface area contributed by atoms with Crippen LogP contribution >= 0.6 is 0 Å². The summed E-state index contributed by atoms with van der Waals surface area (Å²) in [6.45, 7) is 21.6. The van der Waals surface area contributed by atoms with Gasteiger partial charge in [-0.2, -0.15) is 0 Å². The minimum Gasteiger partial charge on any atom is -0.481 e. The maximum absolute atomic E-state index is 10.8. The lowest BCUT2D eigenvalue weighted by atomic mass is 10.2. The highest BCUT2D eigenvalue weighted by Crippen LogP contribution is 1.97. The maximum Gasteiger partial charge on any atom is 0.306 e. The molecule has 0 bridgehead atoms. The summed E-state index contributed by atoms with van der Waals surface area (Å²) in [7, 11) is 0. The Hall–Kier alpha value is -1.70. The molecule has 0 aliphatic heterocycles. The Morgan fingerprint density at radius 2 is 1.32 bits per heavy atom. The van der Waals surface area contributed by atoms with Gasteiger partial charge in [0.1, 0.15) is 0 Å². The zero-order chi connectivity index (χ0) is 21.1. The molecule has 0 saturated heterocycles. The van der Waals surface area contributed by atoms with Crippen molar-refractivity contribution < 1.29 is 34.4 Å². The molecule has 0 spiro atoms. The molecule has 25 heavy (non-hydrogen) atoms. The summed E-state index contributed by atoms with van der Waals surface area (Å²) >= 11 is 0. The Morgan fingerprint density at radius 1 is 0.920 bits per heavy atom. The lowest BCUT2D eigenvalue weighted by Gasteiger charge is -2.05. The summed E-state index contributed by atoms with van der Waals surface area (Å²) in [5, 5.41) is 23.5. The van der Waals surface area contributed by atoms with Crippen LogP contribution in [0.4, 0.5) is 0 Å². The van der Waals surface area contributed by atoms with E-state index in [-0.39, 0.29) is 26.1 Å². The zero-order valence-electron chi connectivity index (χ0n) is 16.3. The maximum atomic E-state index is 10.8. The van der Waals surface area contributed by atoms with Gasteiger partial charge in [-0.05, 0) is 19.8 Å². The summed E-state index contributed by atoms with van der Waals surface area (Å²) in [5.41, 5.74) is 0. The third kappa shape index (κ3) is 72.0. The van der Waals surface area contributed by atoms with Gasteiger partial charge in [-0.3, -0.25) is 9.59 Å². The first-order valence-electron chi connectivity index (χ1n) is 8.02. The molecule has 0 amide bonds. The molecule has 0 aromatic heterocycles. The number of aliphatic carboxylic acids is 1. The predicted octanol–water partition coefficient (Wildman–Crippen LogP) is 2.67. The van der Waals surface area contributed by atoms with E-state index in [1.165, 1.54) is 0 Å². The van der Waals surface area contributed by atoms with E-state index in [9.17, 15) is 9.59 Å². The molecular formula is C18H38O7. The number of aliphatic hydroxyl groups excluding tert-OH is 2. The van der Waals surface area contributed by atoms with Gasteiger partial charge in [0.15, 0.2) is 0 Å². The molecule has 0 unspecified atom stereocenters. The number of carboxylic acid groups (broad SMARTS) is 1. The largest absolute Gasteiger partial charge is 0.481 e. The Kier molecular flexibility index (Phi) is 52.7. The van der Waals surface area contributed by atoms with Crippen LogP contribution < -0.4 is 0 Å². The SMILES string of the molecule is C=C.C=C.CC(C)COC(=O)CCC(=O)O.CCOCC.OCCO. The molecular weight excluding hydrogens is 328 g/mol. The van der Waals surface area contributed by atoms with Gasteiger partial charge in [0.05, 0.1) is 32.7 Å². The molecule has 7 nitrogen and oxygen atoms in total. The summed E-state index contributed by atoms with van der Waals surface area (Å²) < 4.78 is 9.58. The van der Waals surface area contributed by atoms with Gasteiger partial charge in [-0.1, -0.05) is 13.8 Å². The quantitative estimate of drug-likeness (QED) is 0.447. The second-order valence-electron chi connectivity index (χ2n) is 4.20. The number of carboxylic acids is 1. The van der Waals surface area contributed by atoms with Gasteiger partial charge in [0.2, 0.25) is 0 Å². The van der Waals surface area contributed by atoms with E-state index < -0.39 is 11.9 Å². The van der Waals surface area contributed by atoms with Gasteiger partial charge >= 0.3 is 11.9 Å². The van der Waals surface area contributed by atoms with Crippen LogP contribution in [0.15, 0.2) is 26.3 Å². The minimum atomic E-state index is -0.975. The van der Waals surface area contributed by atoms with Crippen molar-refractivity contribution in [3.05, 3.63) is 26.3 Å². The van der Waals surface area contributed by atoms with Crippen molar-refractivity contribution in [2.24, 2.45) is 5.92 Å². The van der Waals surface area contributed by atoms with Gasteiger partial charge in [0.25, 0.3) is 0 Å². The molecule has 0 aliphatic carbocycles. The summed E-state index contributed by atoms with van der Waals surface area (Å²) in [5.74, 6) is -1.12. The Morgan fingerprint density at radius 3 is 1.52 bits per heavy atom. The highest BCUT2D eigenvalue weighted by Gasteiger charge is 2.06. The average molecular weight is 366 g/mol. The van der Waals surface area contributed by atoms with E-state index in [4.69, 9.17) is 24.8 Å². The van der Waals surface area contributed by atoms with Crippen LogP contribution in [0.5, 0.6) is 0 Å². The minimum absolute atomic E-state index is 0.0396. The average Bonchev–Trinajstić information content (AvgIpc) is 2.63. The van der Waals surface area contributed by atoms with Crippen molar-refractivity contribution in [1.82, 2.24) is 0 Å². The van der Waals surface area contributed by atoms with Crippen LogP contribution in [-0.4, -0.2) is 60.3 Å². The van der Waals surface area contributed by atoms with E-state index in [0.717, 1.165) is 13.2 Å². The Bertz CT molecular complexity index is 250. The zero-order valence-corrected chi connectivity index (χ0v) is 16.3. The van der Waals surface area contributed by atoms with Crippen LogP contribution in [0.3, 0.4) is 0 Å². The molecule has 7 heteroatoms. The van der Waals surface area contributed by atoms with E-state index in [0.29, 0.717) is 12.5 Å². The van der Waals surface area contributed by atoms with Crippen molar-refractivity contribution in [1.29, 1.82) is 0 Å². The highest BCUT2D eigenvalue weighted by molar-refractivity contribution is 5.76. The lowest BCUT2D eigenvalue weighted by Crippen LogP contribution is -2.11. The van der Waals surface area contributed by atoms with E-state index in [1.807, 2.05) is 27.7 Å². The number of carbonyl (C=O) groups is 2. The van der Waals surface area contributed by atoms with Gasteiger partial charge in [0, 0.05) is 13.2 Å². The summed E-state index contributed by atoms with van der Waals surface area (Å²) in [6, 6.07) is 0. The molecule has 0 aliphatic rings. The van der Waals surface area contributed by atoms with Crippen LogP contribution in [0, 0.1) is 5.92 Å². The normalized spacial score (nSPS) is 7.96. The molecule has 0 saturated carbocycles. The number of aliphatic hydroxyl groups is 2. The van der Waals surface area contributed by atoms with Gasteiger partial charge in [-0.15, -0.1) is 26.3 Å². The van der Waals surface area contributed by atoms with Crippen molar-refractivity contribution in [3.63, 3.8) is 0 Å². The first-order chi connectivity index (χ1) is 11.8. The van der Waals surface area contributed by atoms with E-state index in [1.54, 1.807) is 0 Å². The molecule has 0 radical (unpaired) electrons. The number of esters is 1. The van der Waals surface area contributed by atoms with Gasteiger partial charge < -0.3 is 24.8 Å². The molecule has 0 atom stereocenters. The topological polar surface area (TPSA) is 113 Å². The fourth-order valence-corrected chi connectivity index (χ4v) is 0.745. The number of ether oxygens (including phenoxy) is 2. The van der Waals surface area contributed by atoms with Crippen LogP contribution in [-0.2, 0) is 19.1 Å². The smallest absolute Gasteiger partial charge is 0.306 e. The number of hydrogen-bond acceptors (Lipinski definition) is 6. The third-order valence-electron chi connectivity index (χ3n) is 1.63. The lowest BCUT2D eigenvalue weighted by molar-refractivity contribution is -0.148. The van der Waals surface area contributed by atoms with Crippen molar-refractivity contribution in [2.75, 3.05) is 33.0 Å². The second-order valence-corrected chi connectivity index (χ2v) is 4.20. The standard InChI is InChI=1S/C8H14O4.C4H10O.C2H6O2.2C2H4/c1-6(2)5-12-8(11)4-3-7(9)10;1-3-5-4-2;3-1-2-4;2*1-2/h6H,3-5H2,1-2H3,(H,9,10);3-4H2,1-2H3;3-4H,1-2H2;2*1-2H2. The first-order valence-corrected chi connectivity index (χ1v) is 8.02. The van der Waals surface area contributed by atoms with E-state index >= 15 is 0 Å². The van der Waals surface area contributed by atoms with Crippen molar-refractivity contribution in [2.45, 2.75) is 40.5 Å². The van der Waals surface area contributed by atoms with Crippen LogP contribution in [0.2, 0.25) is 0 Å². The molecule has 0 aromatic rings. The van der Waals surface area contributed by atoms with E-state index in [2.05, 4.69) is 26.3 Å². The van der Waals surface area contributed by atoms with Crippen molar-refractivity contribution in [3.8, 4) is 0 Å². The Balaban J connectivity index is -0.0000000851. The van der Waals surface area contributed by atoms with Gasteiger partial charge in [-0.25, -0.2) is 0 Å². The molecule has 3 N–H and O–H groups in total. The Labute approximate surface area is 153 Å². The molecule has 0 aromatic carbocycles.